The molecule has 170 valence electrons. The number of aryl methyl sites for hydroxylation is 2. The summed E-state index contributed by atoms with van der Waals surface area (Å²) in [7, 11) is -3.99. The van der Waals surface area contributed by atoms with Crippen LogP contribution in [-0.2, 0) is 19.6 Å². The molecule has 0 aliphatic carbocycles. The maximum absolute atomic E-state index is 13.5. The molecule has 2 amide bonds. The van der Waals surface area contributed by atoms with E-state index in [1.54, 1.807) is 32.0 Å². The molecular formula is C22H24ClN3O5S. The summed E-state index contributed by atoms with van der Waals surface area (Å²) in [6, 6.07) is 7.39. The van der Waals surface area contributed by atoms with E-state index in [1.165, 1.54) is 10.4 Å². The Kier molecular flexibility index (Phi) is 5.91. The Morgan fingerprint density at radius 2 is 2.00 bits per heavy atom. The average molecular weight is 478 g/mol. The molecule has 2 atom stereocenters. The van der Waals surface area contributed by atoms with Gasteiger partial charge in [-0.15, -0.1) is 0 Å². The number of carbonyl (C=O) groups excluding carboxylic acids is 2. The van der Waals surface area contributed by atoms with Crippen LogP contribution in [0.5, 0.6) is 5.75 Å². The maximum Gasteiger partial charge on any atom is 0.265 e. The SMILES string of the molecule is Cc1ccc(NC(=O)[C@@H]2CCCN2S(=O)(=O)c2cc3c(cc2C)NC(=O)[C@H](C)O3)c(Cl)c1. The molecule has 1 fully saturated rings. The summed E-state index contributed by atoms with van der Waals surface area (Å²) in [4.78, 5) is 24.9. The topological polar surface area (TPSA) is 105 Å². The van der Waals surface area contributed by atoms with Gasteiger partial charge in [-0.05, 0) is 62.9 Å². The first-order valence-electron chi connectivity index (χ1n) is 10.3. The van der Waals surface area contributed by atoms with Gasteiger partial charge in [0, 0.05) is 12.6 Å². The van der Waals surface area contributed by atoms with E-state index >= 15 is 0 Å². The van der Waals surface area contributed by atoms with Crippen LogP contribution in [0.3, 0.4) is 0 Å². The first-order valence-corrected chi connectivity index (χ1v) is 12.1. The minimum absolute atomic E-state index is 0.0488. The van der Waals surface area contributed by atoms with Crippen molar-refractivity contribution in [2.45, 2.75) is 50.7 Å². The number of anilines is 2. The van der Waals surface area contributed by atoms with Crippen molar-refractivity contribution in [3.05, 3.63) is 46.5 Å². The minimum Gasteiger partial charge on any atom is -0.479 e. The highest BCUT2D eigenvalue weighted by molar-refractivity contribution is 7.89. The molecule has 2 aromatic carbocycles. The summed E-state index contributed by atoms with van der Waals surface area (Å²) < 4.78 is 33.9. The van der Waals surface area contributed by atoms with Crippen molar-refractivity contribution in [3.8, 4) is 5.75 Å². The van der Waals surface area contributed by atoms with Crippen LogP contribution in [0.2, 0.25) is 5.02 Å². The molecule has 8 nitrogen and oxygen atoms in total. The van der Waals surface area contributed by atoms with Gasteiger partial charge in [0.1, 0.15) is 11.8 Å². The quantitative estimate of drug-likeness (QED) is 0.701. The Morgan fingerprint density at radius 3 is 2.72 bits per heavy atom. The molecule has 4 rings (SSSR count). The molecule has 0 spiro atoms. The van der Waals surface area contributed by atoms with Crippen LogP contribution >= 0.6 is 11.6 Å². The average Bonchev–Trinajstić information content (AvgIpc) is 3.22. The predicted molar refractivity (Wildman–Crippen MR) is 122 cm³/mol. The van der Waals surface area contributed by atoms with E-state index in [0.29, 0.717) is 34.8 Å². The van der Waals surface area contributed by atoms with Gasteiger partial charge in [0.2, 0.25) is 15.9 Å². The Bertz CT molecular complexity index is 1210. The molecule has 10 heteroatoms. The van der Waals surface area contributed by atoms with E-state index in [-0.39, 0.29) is 23.1 Å². The van der Waals surface area contributed by atoms with Crippen molar-refractivity contribution in [2.75, 3.05) is 17.2 Å². The lowest BCUT2D eigenvalue weighted by Crippen LogP contribution is -2.43. The highest BCUT2D eigenvalue weighted by atomic mass is 35.5. The fourth-order valence-electron chi connectivity index (χ4n) is 3.97. The summed E-state index contributed by atoms with van der Waals surface area (Å²) in [6.45, 7) is 5.35. The van der Waals surface area contributed by atoms with Crippen molar-refractivity contribution in [3.63, 3.8) is 0 Å². The summed E-state index contributed by atoms with van der Waals surface area (Å²) in [5.41, 5.74) is 2.27. The van der Waals surface area contributed by atoms with Crippen LogP contribution in [0.15, 0.2) is 35.2 Å². The fraction of sp³-hybridized carbons (Fsp3) is 0.364. The molecule has 2 aliphatic rings. The molecular weight excluding hydrogens is 454 g/mol. The highest BCUT2D eigenvalue weighted by Gasteiger charge is 2.41. The third-order valence-electron chi connectivity index (χ3n) is 5.68. The molecule has 0 aromatic heterocycles. The Balaban J connectivity index is 1.63. The Morgan fingerprint density at radius 1 is 1.25 bits per heavy atom. The number of amides is 2. The zero-order valence-corrected chi connectivity index (χ0v) is 19.5. The normalized spacial score (nSPS) is 20.9. The molecule has 2 aliphatic heterocycles. The lowest BCUT2D eigenvalue weighted by molar-refractivity contribution is -0.122. The van der Waals surface area contributed by atoms with Gasteiger partial charge < -0.3 is 15.4 Å². The number of halogens is 1. The first-order chi connectivity index (χ1) is 15.1. The van der Waals surface area contributed by atoms with Crippen molar-refractivity contribution >= 4 is 44.8 Å². The molecule has 1 saturated heterocycles. The number of ether oxygens (including phenoxy) is 1. The molecule has 0 unspecified atom stereocenters. The smallest absolute Gasteiger partial charge is 0.265 e. The van der Waals surface area contributed by atoms with Gasteiger partial charge in [-0.3, -0.25) is 9.59 Å². The Labute approximate surface area is 191 Å². The number of sulfonamides is 1. The number of hydrogen-bond donors (Lipinski definition) is 2. The lowest BCUT2D eigenvalue weighted by atomic mass is 10.1. The zero-order valence-electron chi connectivity index (χ0n) is 17.9. The molecule has 2 heterocycles. The third kappa shape index (κ3) is 4.07. The van der Waals surface area contributed by atoms with Crippen molar-refractivity contribution in [2.24, 2.45) is 0 Å². The van der Waals surface area contributed by atoms with E-state index in [4.69, 9.17) is 16.3 Å². The highest BCUT2D eigenvalue weighted by Crippen LogP contribution is 2.37. The maximum atomic E-state index is 13.5. The van der Waals surface area contributed by atoms with Gasteiger partial charge in [0.05, 0.1) is 21.3 Å². The lowest BCUT2D eigenvalue weighted by Gasteiger charge is -2.27. The first kappa shape index (κ1) is 22.6. The second kappa shape index (κ2) is 8.38. The van der Waals surface area contributed by atoms with Gasteiger partial charge >= 0.3 is 0 Å². The molecule has 0 bridgehead atoms. The molecule has 0 saturated carbocycles. The monoisotopic (exact) mass is 477 g/mol. The summed E-state index contributed by atoms with van der Waals surface area (Å²) >= 11 is 6.22. The molecule has 0 radical (unpaired) electrons. The number of rotatable bonds is 4. The van der Waals surface area contributed by atoms with E-state index in [9.17, 15) is 18.0 Å². The van der Waals surface area contributed by atoms with Crippen molar-refractivity contribution in [1.29, 1.82) is 0 Å². The number of nitrogens with zero attached hydrogens (tertiary/aromatic N) is 1. The second-order valence-electron chi connectivity index (χ2n) is 8.11. The largest absolute Gasteiger partial charge is 0.479 e. The van der Waals surface area contributed by atoms with Gasteiger partial charge in [0.15, 0.2) is 6.10 Å². The molecule has 32 heavy (non-hydrogen) atoms. The molecule has 2 N–H and O–H groups in total. The van der Waals surface area contributed by atoms with Crippen LogP contribution in [0.1, 0.15) is 30.9 Å². The molecule has 2 aromatic rings. The summed E-state index contributed by atoms with van der Waals surface area (Å²) in [6.07, 6.45) is 0.236. The van der Waals surface area contributed by atoms with E-state index in [0.717, 1.165) is 5.56 Å². The number of hydrogen-bond acceptors (Lipinski definition) is 5. The van der Waals surface area contributed by atoms with Gasteiger partial charge in [-0.2, -0.15) is 4.31 Å². The van der Waals surface area contributed by atoms with E-state index in [2.05, 4.69) is 10.6 Å². The zero-order chi connectivity index (χ0) is 23.2. The fourth-order valence-corrected chi connectivity index (χ4v) is 6.14. The van der Waals surface area contributed by atoms with E-state index in [1.807, 2.05) is 13.0 Å². The third-order valence-corrected chi connectivity index (χ3v) is 8.05. The van der Waals surface area contributed by atoms with Gasteiger partial charge in [-0.1, -0.05) is 17.7 Å². The standard InChI is InChI=1S/C22H24ClN3O5S/c1-12-6-7-16(15(23)9-12)24-22(28)18-5-4-8-26(18)32(29,30)20-11-19-17(10-13(20)2)25-21(27)14(3)31-19/h6-7,9-11,14,18H,4-5,8H2,1-3H3,(H,24,28)(H,25,27)/t14-,18-/m0/s1. The van der Waals surface area contributed by atoms with Crippen LogP contribution in [-0.4, -0.2) is 43.2 Å². The van der Waals surface area contributed by atoms with Gasteiger partial charge in [-0.25, -0.2) is 8.42 Å². The van der Waals surface area contributed by atoms with Crippen molar-refractivity contribution in [1.82, 2.24) is 4.31 Å². The number of benzene rings is 2. The minimum atomic E-state index is -3.99. The second-order valence-corrected chi connectivity index (χ2v) is 10.4. The van der Waals surface area contributed by atoms with Crippen LogP contribution in [0.25, 0.3) is 0 Å². The van der Waals surface area contributed by atoms with Crippen LogP contribution in [0, 0.1) is 13.8 Å². The van der Waals surface area contributed by atoms with Crippen molar-refractivity contribution < 1.29 is 22.7 Å². The summed E-state index contributed by atoms with van der Waals surface area (Å²) in [5.74, 6) is -0.434. The van der Waals surface area contributed by atoms with Crippen LogP contribution < -0.4 is 15.4 Å². The predicted octanol–water partition coefficient (Wildman–Crippen LogP) is 3.47. The number of nitrogens with one attached hydrogen (secondary N) is 2. The summed E-state index contributed by atoms with van der Waals surface area (Å²) in [5, 5.41) is 5.87. The Hall–Kier alpha value is -2.62. The van der Waals surface area contributed by atoms with E-state index < -0.39 is 28.1 Å². The van der Waals surface area contributed by atoms with Gasteiger partial charge in [0.25, 0.3) is 5.91 Å². The number of fused-ring (bicyclic) bond motifs is 1. The number of carbonyl (C=O) groups is 2. The van der Waals surface area contributed by atoms with Crippen LogP contribution in [0.4, 0.5) is 11.4 Å².